The molecule has 5 rings (SSSR count). The maximum absolute atomic E-state index is 3.89. The SMILES string of the molecule is CC1CCC2C(C1)NCC(c1ccc(C3CNC4CC(C)CCC4N3C)cc1)N2C. The lowest BCUT2D eigenvalue weighted by molar-refractivity contribution is 0.0490. The Morgan fingerprint density at radius 1 is 0.667 bits per heavy atom. The number of hydrogen-bond acceptors (Lipinski definition) is 4. The van der Waals surface area contributed by atoms with E-state index in [-0.39, 0.29) is 0 Å². The monoisotopic (exact) mass is 410 g/mol. The van der Waals surface area contributed by atoms with Crippen molar-refractivity contribution in [3.05, 3.63) is 35.4 Å². The van der Waals surface area contributed by atoms with Gasteiger partial charge in [0.15, 0.2) is 0 Å². The Labute approximate surface area is 183 Å². The van der Waals surface area contributed by atoms with E-state index in [1.165, 1.54) is 49.7 Å². The van der Waals surface area contributed by atoms with Gasteiger partial charge >= 0.3 is 0 Å². The lowest BCUT2D eigenvalue weighted by atomic mass is 9.79. The van der Waals surface area contributed by atoms with Crippen LogP contribution in [0.4, 0.5) is 0 Å². The highest BCUT2D eigenvalue weighted by molar-refractivity contribution is 5.29. The molecule has 30 heavy (non-hydrogen) atoms. The summed E-state index contributed by atoms with van der Waals surface area (Å²) in [5, 5.41) is 7.78. The Bertz CT molecular complexity index is 657. The fraction of sp³-hybridized carbons (Fsp3) is 0.769. The first-order valence-corrected chi connectivity index (χ1v) is 12.5. The van der Waals surface area contributed by atoms with E-state index in [1.54, 1.807) is 0 Å². The van der Waals surface area contributed by atoms with Gasteiger partial charge in [-0.05, 0) is 75.6 Å². The first kappa shape index (κ1) is 20.9. The Morgan fingerprint density at radius 2 is 1.07 bits per heavy atom. The molecule has 2 N–H and O–H groups in total. The summed E-state index contributed by atoms with van der Waals surface area (Å²) in [7, 11) is 4.71. The maximum Gasteiger partial charge on any atom is 0.0473 e. The zero-order valence-electron chi connectivity index (χ0n) is 19.5. The molecule has 2 saturated heterocycles. The van der Waals surface area contributed by atoms with E-state index in [9.17, 15) is 0 Å². The molecule has 4 fully saturated rings. The van der Waals surface area contributed by atoms with Crippen LogP contribution in [0.5, 0.6) is 0 Å². The zero-order chi connectivity index (χ0) is 20.8. The lowest BCUT2D eigenvalue weighted by Crippen LogP contribution is -2.59. The molecular weight excluding hydrogens is 368 g/mol. The molecule has 8 atom stereocenters. The summed E-state index contributed by atoms with van der Waals surface area (Å²) in [5.41, 5.74) is 2.95. The second-order valence-corrected chi connectivity index (χ2v) is 11.0. The third-order valence-corrected chi connectivity index (χ3v) is 9.03. The van der Waals surface area contributed by atoms with Gasteiger partial charge in [0.1, 0.15) is 0 Å². The number of hydrogen-bond donors (Lipinski definition) is 2. The van der Waals surface area contributed by atoms with Gasteiger partial charge in [-0.3, -0.25) is 9.80 Å². The molecule has 1 aromatic carbocycles. The molecule has 2 saturated carbocycles. The Kier molecular flexibility index (Phi) is 5.96. The molecule has 0 amide bonds. The second kappa shape index (κ2) is 8.54. The van der Waals surface area contributed by atoms with Crippen LogP contribution in [0.15, 0.2) is 24.3 Å². The van der Waals surface area contributed by atoms with Crippen molar-refractivity contribution in [1.82, 2.24) is 20.4 Å². The van der Waals surface area contributed by atoms with Crippen LogP contribution in [0, 0.1) is 11.8 Å². The van der Waals surface area contributed by atoms with Gasteiger partial charge in [0, 0.05) is 49.3 Å². The van der Waals surface area contributed by atoms with Gasteiger partial charge in [0.25, 0.3) is 0 Å². The molecule has 0 spiro atoms. The van der Waals surface area contributed by atoms with Crippen LogP contribution >= 0.6 is 0 Å². The van der Waals surface area contributed by atoms with E-state index < -0.39 is 0 Å². The van der Waals surface area contributed by atoms with Gasteiger partial charge in [0.05, 0.1) is 0 Å². The summed E-state index contributed by atoms with van der Waals surface area (Å²) < 4.78 is 0. The third-order valence-electron chi connectivity index (χ3n) is 9.03. The number of benzene rings is 1. The van der Waals surface area contributed by atoms with Crippen molar-refractivity contribution < 1.29 is 0 Å². The van der Waals surface area contributed by atoms with E-state index in [0.29, 0.717) is 36.3 Å². The van der Waals surface area contributed by atoms with Gasteiger partial charge < -0.3 is 10.6 Å². The van der Waals surface area contributed by atoms with Gasteiger partial charge in [-0.25, -0.2) is 0 Å². The molecule has 166 valence electrons. The smallest absolute Gasteiger partial charge is 0.0473 e. The van der Waals surface area contributed by atoms with Crippen molar-refractivity contribution in [3.8, 4) is 0 Å². The van der Waals surface area contributed by atoms with Gasteiger partial charge in [-0.1, -0.05) is 38.1 Å². The third kappa shape index (κ3) is 3.85. The van der Waals surface area contributed by atoms with Crippen LogP contribution < -0.4 is 10.6 Å². The number of nitrogens with one attached hydrogen (secondary N) is 2. The van der Waals surface area contributed by atoms with E-state index in [1.807, 2.05) is 0 Å². The topological polar surface area (TPSA) is 30.5 Å². The molecule has 0 aromatic heterocycles. The van der Waals surface area contributed by atoms with Gasteiger partial charge in [-0.2, -0.15) is 0 Å². The summed E-state index contributed by atoms with van der Waals surface area (Å²) in [4.78, 5) is 5.34. The normalized spacial score (nSPS) is 43.1. The Morgan fingerprint density at radius 3 is 1.47 bits per heavy atom. The van der Waals surface area contributed by atoms with Crippen LogP contribution in [0.2, 0.25) is 0 Å². The quantitative estimate of drug-likeness (QED) is 0.773. The standard InChI is InChI=1S/C26H42N4/c1-17-5-11-23-21(13-17)27-15-25(29(23)3)19-7-9-20(10-8-19)26-16-28-22-14-18(2)6-12-24(22)30(26)4/h7-10,17-18,21-28H,5-6,11-16H2,1-4H3. The highest BCUT2D eigenvalue weighted by Gasteiger charge is 2.40. The summed E-state index contributed by atoms with van der Waals surface area (Å²) in [6.45, 7) is 6.99. The zero-order valence-corrected chi connectivity index (χ0v) is 19.5. The highest BCUT2D eigenvalue weighted by atomic mass is 15.3. The van der Waals surface area contributed by atoms with E-state index >= 15 is 0 Å². The van der Waals surface area contributed by atoms with Gasteiger partial charge in [-0.15, -0.1) is 0 Å². The predicted molar refractivity (Wildman–Crippen MR) is 125 cm³/mol. The maximum atomic E-state index is 3.89. The number of nitrogens with zero attached hydrogens (tertiary/aromatic N) is 2. The Balaban J connectivity index is 1.27. The Hall–Kier alpha value is -0.940. The van der Waals surface area contributed by atoms with Crippen molar-refractivity contribution in [2.45, 2.75) is 88.6 Å². The second-order valence-electron chi connectivity index (χ2n) is 11.0. The van der Waals surface area contributed by atoms with Crippen molar-refractivity contribution >= 4 is 0 Å². The van der Waals surface area contributed by atoms with Crippen LogP contribution in [0.1, 0.15) is 75.6 Å². The minimum absolute atomic E-state index is 0.500. The van der Waals surface area contributed by atoms with E-state index in [0.717, 1.165) is 24.9 Å². The highest BCUT2D eigenvalue weighted by Crippen LogP contribution is 2.37. The molecule has 0 radical (unpaired) electrons. The van der Waals surface area contributed by atoms with Crippen LogP contribution in [-0.2, 0) is 0 Å². The summed E-state index contributed by atoms with van der Waals surface area (Å²) >= 11 is 0. The van der Waals surface area contributed by atoms with Crippen LogP contribution in [0.3, 0.4) is 0 Å². The lowest BCUT2D eigenvalue weighted by Gasteiger charge is -2.49. The minimum atomic E-state index is 0.500. The van der Waals surface area contributed by atoms with Gasteiger partial charge in [0.2, 0.25) is 0 Å². The molecule has 4 heteroatoms. The minimum Gasteiger partial charge on any atom is -0.311 e. The number of fused-ring (bicyclic) bond motifs is 2. The molecule has 4 nitrogen and oxygen atoms in total. The van der Waals surface area contributed by atoms with Crippen LogP contribution in [0.25, 0.3) is 0 Å². The fourth-order valence-electron chi connectivity index (χ4n) is 7.07. The predicted octanol–water partition coefficient (Wildman–Crippen LogP) is 3.95. The van der Waals surface area contributed by atoms with E-state index in [2.05, 4.69) is 72.6 Å². The largest absolute Gasteiger partial charge is 0.311 e. The fourth-order valence-corrected chi connectivity index (χ4v) is 7.07. The van der Waals surface area contributed by atoms with Crippen molar-refractivity contribution in [3.63, 3.8) is 0 Å². The molecule has 0 bridgehead atoms. The average molecular weight is 411 g/mol. The molecular formula is C26H42N4. The number of likely N-dealkylation sites (N-methyl/N-ethyl adjacent to an activating group) is 2. The average Bonchev–Trinajstić information content (AvgIpc) is 2.74. The molecule has 8 unspecified atom stereocenters. The molecule has 2 aliphatic carbocycles. The number of piperazine rings is 2. The van der Waals surface area contributed by atoms with Crippen molar-refractivity contribution in [2.24, 2.45) is 11.8 Å². The summed E-state index contributed by atoms with van der Waals surface area (Å²) in [6.07, 6.45) is 8.10. The summed E-state index contributed by atoms with van der Waals surface area (Å²) in [5.74, 6) is 1.74. The number of rotatable bonds is 2. The molecule has 2 aliphatic heterocycles. The molecule has 4 aliphatic rings. The van der Waals surface area contributed by atoms with E-state index in [4.69, 9.17) is 0 Å². The van der Waals surface area contributed by atoms with Crippen molar-refractivity contribution in [1.29, 1.82) is 0 Å². The first-order chi connectivity index (χ1) is 14.5. The summed E-state index contributed by atoms with van der Waals surface area (Å²) in [6, 6.07) is 13.4. The van der Waals surface area contributed by atoms with Crippen LogP contribution in [-0.4, -0.2) is 61.2 Å². The molecule has 2 heterocycles. The molecule has 1 aromatic rings. The van der Waals surface area contributed by atoms with Crippen molar-refractivity contribution in [2.75, 3.05) is 27.2 Å². The first-order valence-electron chi connectivity index (χ1n) is 12.5.